The lowest BCUT2D eigenvalue weighted by Crippen LogP contribution is -2.63. The molecule has 2 unspecified atom stereocenters. The molecule has 6 aromatic carbocycles. The number of nitrogens with zero attached hydrogens (tertiary/aromatic N) is 3. The molecule has 0 spiro atoms. The maximum Gasteiger partial charge on any atom is 0.272 e. The maximum atomic E-state index is 10.5. The van der Waals surface area contributed by atoms with Gasteiger partial charge < -0.3 is 19.1 Å². The molecule has 10 rings (SSSR count). The average Bonchev–Trinajstić information content (AvgIpc) is 3.67. The van der Waals surface area contributed by atoms with Crippen molar-refractivity contribution in [3.8, 4) is 0 Å². The third kappa shape index (κ3) is 5.82. The molecule has 3 heterocycles. The molecule has 1 aliphatic carbocycles. The zero-order valence-electron chi connectivity index (χ0n) is 39.2. The zero-order chi connectivity index (χ0) is 44.3. The number of allylic oxidation sites excluding steroid dienone is 2. The molecule has 0 radical (unpaired) electrons. The van der Waals surface area contributed by atoms with Crippen LogP contribution in [0.4, 0.5) is 39.8 Å². The first-order valence-corrected chi connectivity index (χ1v) is 19.8. The SMILES string of the molecule is [2H]c1c([2H])c(N(c2ccccc2)c2ccccc2)c([2H])c2c1B1c3oc4c([2H])c([2H])c(C(C)(C)C)c([2H])c4c3N(c3ccccc3)C3=CC(C(C)(C)C)=CC(C13)N2c1ccccc1. The van der Waals surface area contributed by atoms with E-state index in [0.717, 1.165) is 34.0 Å². The van der Waals surface area contributed by atoms with E-state index in [0.29, 0.717) is 33.4 Å². The van der Waals surface area contributed by atoms with E-state index >= 15 is 0 Å². The summed E-state index contributed by atoms with van der Waals surface area (Å²) in [4.78, 5) is 6.30. The van der Waals surface area contributed by atoms with Crippen LogP contribution in [-0.4, -0.2) is 12.8 Å². The highest BCUT2D eigenvalue weighted by atomic mass is 16.3. The van der Waals surface area contributed by atoms with Crippen molar-refractivity contribution in [1.29, 1.82) is 0 Å². The standard InChI is InChI=1S/C52H48BN3O/c1-51(2,3)35-27-30-47-42(31-35)49-50(57-47)53-43-29-28-41(54(37-19-11-7-12-20-37)38-21-13-8-14-22-38)34-44(43)55(39-23-15-9-16-24-39)45-32-36(52(4,5)6)33-46(48(45)53)56(49)40-25-17-10-18-26-40/h7-34,45,48H,1-6H3/i27D,28D,29D,30D,31D,34D. The lowest BCUT2D eigenvalue weighted by molar-refractivity contribution is 0.504. The number of hydrogen-bond acceptors (Lipinski definition) is 4. The second-order valence-corrected chi connectivity index (χ2v) is 17.3. The molecule has 0 bridgehead atoms. The molecule has 57 heavy (non-hydrogen) atoms. The van der Waals surface area contributed by atoms with Crippen LogP contribution in [0.5, 0.6) is 0 Å². The molecular weight excluding hydrogens is 693 g/mol. The van der Waals surface area contributed by atoms with Crippen molar-refractivity contribution < 1.29 is 12.6 Å². The van der Waals surface area contributed by atoms with E-state index in [2.05, 4.69) is 42.7 Å². The Morgan fingerprint density at radius 1 is 0.649 bits per heavy atom. The van der Waals surface area contributed by atoms with E-state index in [9.17, 15) is 8.22 Å². The fraction of sp³-hybridized carbons (Fsp3) is 0.192. The molecule has 4 nitrogen and oxygen atoms in total. The molecule has 0 saturated heterocycles. The van der Waals surface area contributed by atoms with E-state index in [1.54, 1.807) is 0 Å². The molecule has 280 valence electrons. The summed E-state index contributed by atoms with van der Waals surface area (Å²) in [6.45, 7) is 11.8. The Labute approximate surface area is 345 Å². The summed E-state index contributed by atoms with van der Waals surface area (Å²) in [5, 5.41) is 0.439. The molecule has 7 aromatic rings. The van der Waals surface area contributed by atoms with Crippen LogP contribution in [0.1, 0.15) is 55.3 Å². The van der Waals surface area contributed by atoms with E-state index in [-0.39, 0.29) is 52.9 Å². The number of hydrogen-bond donors (Lipinski definition) is 0. The normalized spacial score (nSPS) is 18.9. The Hall–Kier alpha value is -6.20. The summed E-state index contributed by atoms with van der Waals surface area (Å²) in [6, 6.07) is 39.1. The smallest absolute Gasteiger partial charge is 0.272 e. The highest BCUT2D eigenvalue weighted by molar-refractivity contribution is 6.89. The van der Waals surface area contributed by atoms with Crippen LogP contribution < -0.4 is 25.8 Å². The van der Waals surface area contributed by atoms with Crippen LogP contribution in [0.25, 0.3) is 11.0 Å². The van der Waals surface area contributed by atoms with Crippen molar-refractivity contribution in [2.45, 2.75) is 58.8 Å². The van der Waals surface area contributed by atoms with E-state index < -0.39 is 24.0 Å². The predicted molar refractivity (Wildman–Crippen MR) is 241 cm³/mol. The quantitative estimate of drug-likeness (QED) is 0.164. The van der Waals surface area contributed by atoms with E-state index in [1.165, 1.54) is 0 Å². The lowest BCUT2D eigenvalue weighted by Gasteiger charge is -2.52. The number of benzene rings is 6. The second kappa shape index (κ2) is 13.2. The summed E-state index contributed by atoms with van der Waals surface area (Å²) < 4.78 is 66.4. The first-order chi connectivity index (χ1) is 30.1. The first kappa shape index (κ1) is 29.1. The molecule has 0 saturated carbocycles. The van der Waals surface area contributed by atoms with Crippen LogP contribution in [0.15, 0.2) is 185 Å². The number of para-hydroxylation sites is 4. The van der Waals surface area contributed by atoms with Crippen LogP contribution in [-0.2, 0) is 5.41 Å². The van der Waals surface area contributed by atoms with Gasteiger partial charge in [0.05, 0.1) is 25.6 Å². The Balaban J connectivity index is 1.39. The lowest BCUT2D eigenvalue weighted by atomic mass is 9.30. The molecule has 0 fully saturated rings. The minimum absolute atomic E-state index is 0.0319. The predicted octanol–water partition coefficient (Wildman–Crippen LogP) is 12.7. The molecule has 5 heteroatoms. The van der Waals surface area contributed by atoms with Crippen molar-refractivity contribution in [2.75, 3.05) is 14.7 Å². The van der Waals surface area contributed by atoms with Crippen LogP contribution in [0.3, 0.4) is 0 Å². The molecular formula is C52H48BN3O. The van der Waals surface area contributed by atoms with Crippen LogP contribution in [0.2, 0.25) is 5.82 Å². The highest BCUT2D eigenvalue weighted by Gasteiger charge is 2.55. The number of rotatable bonds is 5. The third-order valence-corrected chi connectivity index (χ3v) is 11.5. The van der Waals surface area contributed by atoms with Gasteiger partial charge in [0.1, 0.15) is 5.58 Å². The average molecular weight is 748 g/mol. The van der Waals surface area contributed by atoms with Gasteiger partial charge in [-0.15, -0.1) is 0 Å². The van der Waals surface area contributed by atoms with Gasteiger partial charge in [-0.05, 0) is 106 Å². The molecule has 0 N–H and O–H groups in total. The van der Waals surface area contributed by atoms with Gasteiger partial charge in [-0.25, -0.2) is 0 Å². The van der Waals surface area contributed by atoms with Gasteiger partial charge in [0.25, 0.3) is 6.71 Å². The van der Waals surface area contributed by atoms with Gasteiger partial charge in [-0.3, -0.25) is 0 Å². The molecule has 0 amide bonds. The summed E-state index contributed by atoms with van der Waals surface area (Å²) >= 11 is 0. The molecule has 2 atom stereocenters. The van der Waals surface area contributed by atoms with E-state index in [1.807, 2.05) is 147 Å². The summed E-state index contributed by atoms with van der Waals surface area (Å²) in [7, 11) is 0. The van der Waals surface area contributed by atoms with Crippen molar-refractivity contribution in [3.05, 3.63) is 187 Å². The number of anilines is 7. The monoisotopic (exact) mass is 747 g/mol. The maximum absolute atomic E-state index is 10.5. The third-order valence-electron chi connectivity index (χ3n) is 11.5. The van der Waals surface area contributed by atoms with Crippen molar-refractivity contribution in [2.24, 2.45) is 5.41 Å². The van der Waals surface area contributed by atoms with Gasteiger partial charge in [-0.1, -0.05) is 132 Å². The summed E-state index contributed by atoms with van der Waals surface area (Å²) in [6.07, 6.45) is 4.56. The fourth-order valence-corrected chi connectivity index (χ4v) is 8.76. The zero-order valence-corrected chi connectivity index (χ0v) is 33.2. The van der Waals surface area contributed by atoms with Gasteiger partial charge in [0.15, 0.2) is 0 Å². The van der Waals surface area contributed by atoms with Gasteiger partial charge in [-0.2, -0.15) is 0 Å². The number of fused-ring (bicyclic) bond motifs is 6. The topological polar surface area (TPSA) is 22.9 Å². The van der Waals surface area contributed by atoms with E-state index in [4.69, 9.17) is 4.42 Å². The Morgan fingerprint density at radius 3 is 1.84 bits per heavy atom. The van der Waals surface area contributed by atoms with Gasteiger partial charge in [0.2, 0.25) is 0 Å². The highest BCUT2D eigenvalue weighted by Crippen LogP contribution is 2.54. The van der Waals surface area contributed by atoms with Crippen LogP contribution in [0, 0.1) is 5.41 Å². The Kier molecular flexibility index (Phi) is 6.74. The first-order valence-electron chi connectivity index (χ1n) is 22.8. The summed E-state index contributed by atoms with van der Waals surface area (Å²) in [5.74, 6) is -0.411. The fourth-order valence-electron chi connectivity index (χ4n) is 8.76. The Morgan fingerprint density at radius 2 is 1.25 bits per heavy atom. The molecule has 3 aliphatic rings. The Bertz CT molecular complexity index is 2970. The van der Waals surface area contributed by atoms with Crippen molar-refractivity contribution >= 4 is 68.6 Å². The van der Waals surface area contributed by atoms with Gasteiger partial charge >= 0.3 is 0 Å². The number of furan rings is 1. The van der Waals surface area contributed by atoms with Gasteiger partial charge in [0, 0.05) is 51.0 Å². The summed E-state index contributed by atoms with van der Waals surface area (Å²) in [5.41, 5.74) is 7.18. The second-order valence-electron chi connectivity index (χ2n) is 17.3. The minimum atomic E-state index is -0.709. The van der Waals surface area contributed by atoms with Crippen LogP contribution >= 0.6 is 0 Å². The largest absolute Gasteiger partial charge is 0.469 e. The molecule has 2 aliphatic heterocycles. The van der Waals surface area contributed by atoms with Crippen molar-refractivity contribution in [1.82, 2.24) is 0 Å². The molecule has 1 aromatic heterocycles. The van der Waals surface area contributed by atoms with Crippen molar-refractivity contribution in [3.63, 3.8) is 0 Å². The minimum Gasteiger partial charge on any atom is -0.469 e.